The standard InChI is InChI=1S/C26H34N4O3/c1-3-28(4-2)18-20-19-33-17-16-29(20)15-9-14-25(31)30-23-12-7-5-10-21(23)26(32)27-22-11-6-8-13-24(22)30/h5-8,10-13,20H,3-4,9,14-19H2,1-2H3,(H,27,32). The van der Waals surface area contributed by atoms with Crippen LogP contribution in [0.2, 0.25) is 0 Å². The van der Waals surface area contributed by atoms with Gasteiger partial charge in [-0.1, -0.05) is 38.1 Å². The minimum Gasteiger partial charge on any atom is -0.378 e. The minimum absolute atomic E-state index is 0.0000441. The van der Waals surface area contributed by atoms with Crippen molar-refractivity contribution in [2.45, 2.75) is 32.7 Å². The van der Waals surface area contributed by atoms with Gasteiger partial charge in [-0.3, -0.25) is 19.4 Å². The number of para-hydroxylation sites is 3. The first-order valence-corrected chi connectivity index (χ1v) is 12.0. The number of amides is 2. The van der Waals surface area contributed by atoms with E-state index in [2.05, 4.69) is 29.0 Å². The first-order valence-electron chi connectivity index (χ1n) is 12.0. The third-order valence-electron chi connectivity index (χ3n) is 6.58. The maximum absolute atomic E-state index is 13.5. The molecule has 176 valence electrons. The van der Waals surface area contributed by atoms with Gasteiger partial charge in [0.1, 0.15) is 0 Å². The summed E-state index contributed by atoms with van der Waals surface area (Å²) in [7, 11) is 0. The third kappa shape index (κ3) is 5.27. The van der Waals surface area contributed by atoms with Crippen LogP contribution in [0, 0.1) is 0 Å². The molecule has 2 heterocycles. The number of nitrogens with one attached hydrogen (secondary N) is 1. The first kappa shape index (κ1) is 23.4. The van der Waals surface area contributed by atoms with Crippen molar-refractivity contribution in [2.75, 3.05) is 56.2 Å². The molecule has 0 spiro atoms. The van der Waals surface area contributed by atoms with E-state index < -0.39 is 0 Å². The van der Waals surface area contributed by atoms with Gasteiger partial charge in [-0.25, -0.2) is 0 Å². The summed E-state index contributed by atoms with van der Waals surface area (Å²) >= 11 is 0. The van der Waals surface area contributed by atoms with Crippen molar-refractivity contribution in [3.05, 3.63) is 54.1 Å². The summed E-state index contributed by atoms with van der Waals surface area (Å²) in [6.07, 6.45) is 1.17. The van der Waals surface area contributed by atoms with E-state index >= 15 is 0 Å². The largest absolute Gasteiger partial charge is 0.378 e. The summed E-state index contributed by atoms with van der Waals surface area (Å²) < 4.78 is 5.74. The summed E-state index contributed by atoms with van der Waals surface area (Å²) in [5.41, 5.74) is 2.51. The molecule has 1 unspecified atom stereocenters. The van der Waals surface area contributed by atoms with E-state index in [9.17, 15) is 9.59 Å². The molecule has 0 bridgehead atoms. The second-order valence-electron chi connectivity index (χ2n) is 8.57. The Morgan fingerprint density at radius 1 is 1.09 bits per heavy atom. The number of fused-ring (bicyclic) bond motifs is 2. The molecule has 2 aromatic carbocycles. The van der Waals surface area contributed by atoms with E-state index in [1.807, 2.05) is 42.5 Å². The zero-order chi connectivity index (χ0) is 23.2. The molecule has 1 saturated heterocycles. The lowest BCUT2D eigenvalue weighted by Crippen LogP contribution is -2.51. The molecule has 2 amide bonds. The summed E-state index contributed by atoms with van der Waals surface area (Å²) in [6, 6.07) is 15.1. The fourth-order valence-corrected chi connectivity index (χ4v) is 4.70. The van der Waals surface area contributed by atoms with Crippen LogP contribution in [-0.4, -0.2) is 73.6 Å². The fourth-order valence-electron chi connectivity index (χ4n) is 4.70. The number of rotatable bonds is 8. The molecule has 1 N–H and O–H groups in total. The number of nitrogens with zero attached hydrogens (tertiary/aromatic N) is 3. The Bertz CT molecular complexity index is 976. The van der Waals surface area contributed by atoms with Crippen LogP contribution >= 0.6 is 0 Å². The first-order chi connectivity index (χ1) is 16.1. The molecule has 4 rings (SSSR count). The van der Waals surface area contributed by atoms with Gasteiger partial charge in [0.25, 0.3) is 5.91 Å². The predicted molar refractivity (Wildman–Crippen MR) is 131 cm³/mol. The SMILES string of the molecule is CCN(CC)CC1COCCN1CCCC(=O)N1c2ccccc2NC(=O)c2ccccc21. The monoisotopic (exact) mass is 450 g/mol. The van der Waals surface area contributed by atoms with Crippen LogP contribution < -0.4 is 10.2 Å². The Balaban J connectivity index is 1.47. The lowest BCUT2D eigenvalue weighted by atomic mass is 10.1. The molecule has 2 aliphatic heterocycles. The highest BCUT2D eigenvalue weighted by Gasteiger charge is 2.29. The third-order valence-corrected chi connectivity index (χ3v) is 6.58. The Morgan fingerprint density at radius 3 is 2.61 bits per heavy atom. The molecule has 1 atom stereocenters. The molecule has 7 nitrogen and oxygen atoms in total. The summed E-state index contributed by atoms with van der Waals surface area (Å²) in [5, 5.41) is 2.95. The fraction of sp³-hybridized carbons (Fsp3) is 0.462. The number of likely N-dealkylation sites (N-methyl/N-ethyl adjacent to an activating group) is 1. The van der Waals surface area contributed by atoms with Gasteiger partial charge >= 0.3 is 0 Å². The highest BCUT2D eigenvalue weighted by atomic mass is 16.5. The van der Waals surface area contributed by atoms with Crippen LogP contribution in [0.1, 0.15) is 37.0 Å². The van der Waals surface area contributed by atoms with E-state index in [0.717, 1.165) is 52.4 Å². The molecular weight excluding hydrogens is 416 g/mol. The lowest BCUT2D eigenvalue weighted by Gasteiger charge is -2.38. The lowest BCUT2D eigenvalue weighted by molar-refractivity contribution is -0.118. The molecular formula is C26H34N4O3. The van der Waals surface area contributed by atoms with Gasteiger partial charge in [-0.05, 0) is 50.3 Å². The summed E-state index contributed by atoms with van der Waals surface area (Å²) in [5.74, 6) is -0.194. The van der Waals surface area contributed by atoms with E-state index in [-0.39, 0.29) is 11.8 Å². The Labute approximate surface area is 196 Å². The van der Waals surface area contributed by atoms with Crippen LogP contribution in [0.4, 0.5) is 17.1 Å². The van der Waals surface area contributed by atoms with Gasteiger partial charge in [0, 0.05) is 25.6 Å². The molecule has 7 heteroatoms. The summed E-state index contributed by atoms with van der Waals surface area (Å²) in [4.78, 5) is 32.9. The smallest absolute Gasteiger partial charge is 0.257 e. The van der Waals surface area contributed by atoms with Crippen LogP contribution in [0.25, 0.3) is 0 Å². The topological polar surface area (TPSA) is 65.1 Å². The maximum Gasteiger partial charge on any atom is 0.257 e. The van der Waals surface area contributed by atoms with Crippen LogP contribution in [0.5, 0.6) is 0 Å². The minimum atomic E-state index is -0.194. The van der Waals surface area contributed by atoms with E-state index in [1.54, 1.807) is 11.0 Å². The number of carbonyl (C=O) groups excluding carboxylic acids is 2. The zero-order valence-electron chi connectivity index (χ0n) is 19.6. The zero-order valence-corrected chi connectivity index (χ0v) is 19.6. The number of benzene rings is 2. The number of hydrogen-bond donors (Lipinski definition) is 1. The average molecular weight is 451 g/mol. The molecule has 0 aromatic heterocycles. The van der Waals surface area contributed by atoms with Gasteiger partial charge in [0.15, 0.2) is 0 Å². The van der Waals surface area contributed by atoms with Crippen LogP contribution in [0.15, 0.2) is 48.5 Å². The van der Waals surface area contributed by atoms with Crippen molar-refractivity contribution in [1.29, 1.82) is 0 Å². The molecule has 0 aliphatic carbocycles. The second-order valence-corrected chi connectivity index (χ2v) is 8.57. The van der Waals surface area contributed by atoms with Crippen molar-refractivity contribution in [2.24, 2.45) is 0 Å². The van der Waals surface area contributed by atoms with Gasteiger partial charge in [-0.15, -0.1) is 0 Å². The highest BCUT2D eigenvalue weighted by molar-refractivity contribution is 6.17. The van der Waals surface area contributed by atoms with Gasteiger partial charge in [-0.2, -0.15) is 0 Å². The maximum atomic E-state index is 13.5. The molecule has 2 aromatic rings. The number of ether oxygens (including phenoxy) is 1. The molecule has 33 heavy (non-hydrogen) atoms. The number of hydrogen-bond acceptors (Lipinski definition) is 5. The van der Waals surface area contributed by atoms with Crippen molar-refractivity contribution in [3.63, 3.8) is 0 Å². The Hall–Kier alpha value is -2.74. The average Bonchev–Trinajstić information content (AvgIpc) is 2.97. The Kier molecular flexibility index (Phi) is 7.75. The Morgan fingerprint density at radius 2 is 1.82 bits per heavy atom. The molecule has 0 radical (unpaired) electrons. The number of carbonyl (C=O) groups is 2. The van der Waals surface area contributed by atoms with Crippen molar-refractivity contribution < 1.29 is 14.3 Å². The van der Waals surface area contributed by atoms with E-state index in [0.29, 0.717) is 35.1 Å². The molecule has 2 aliphatic rings. The van der Waals surface area contributed by atoms with Crippen molar-refractivity contribution in [1.82, 2.24) is 9.80 Å². The van der Waals surface area contributed by atoms with Crippen molar-refractivity contribution in [3.8, 4) is 0 Å². The van der Waals surface area contributed by atoms with Crippen LogP contribution in [0.3, 0.4) is 0 Å². The van der Waals surface area contributed by atoms with E-state index in [4.69, 9.17) is 4.74 Å². The predicted octanol–water partition coefficient (Wildman–Crippen LogP) is 3.74. The van der Waals surface area contributed by atoms with Crippen LogP contribution in [-0.2, 0) is 9.53 Å². The van der Waals surface area contributed by atoms with Gasteiger partial charge in [0.05, 0.1) is 35.8 Å². The second kappa shape index (κ2) is 10.9. The normalized spacial score (nSPS) is 18.5. The number of morpholine rings is 1. The highest BCUT2D eigenvalue weighted by Crippen LogP contribution is 2.38. The molecule has 0 saturated carbocycles. The number of anilines is 3. The quantitative estimate of drug-likeness (QED) is 0.664. The van der Waals surface area contributed by atoms with Crippen molar-refractivity contribution >= 4 is 28.9 Å². The van der Waals surface area contributed by atoms with Gasteiger partial charge in [0.2, 0.25) is 5.91 Å². The van der Waals surface area contributed by atoms with E-state index in [1.165, 1.54) is 0 Å². The molecule has 1 fully saturated rings. The van der Waals surface area contributed by atoms with Gasteiger partial charge < -0.3 is 15.0 Å². The summed E-state index contributed by atoms with van der Waals surface area (Å²) in [6.45, 7) is 10.7.